The largest absolute Gasteiger partial charge is 0.387 e. The maximum Gasteiger partial charge on any atom is 0.253 e. The Bertz CT molecular complexity index is 1060. The van der Waals surface area contributed by atoms with Crippen LogP contribution < -0.4 is 16.0 Å². The third-order valence-corrected chi connectivity index (χ3v) is 7.73. The van der Waals surface area contributed by atoms with Gasteiger partial charge in [-0.25, -0.2) is 0 Å². The van der Waals surface area contributed by atoms with Crippen molar-refractivity contribution in [2.45, 2.75) is 49.5 Å². The monoisotopic (exact) mass is 576 g/mol. The Labute approximate surface area is 226 Å². The number of hydrogen-bond donors (Lipinski definition) is 4. The number of rotatable bonds is 7. The number of amides is 2. The number of hydroxylamine groups is 2. The average molecular weight is 578 g/mol. The van der Waals surface area contributed by atoms with Gasteiger partial charge in [-0.15, -0.1) is 0 Å². The van der Waals surface area contributed by atoms with Crippen molar-refractivity contribution in [2.24, 2.45) is 5.92 Å². The Morgan fingerprint density at radius 1 is 1.27 bits per heavy atom. The molecule has 1 unspecified atom stereocenters. The number of nitrogens with one attached hydrogen (secondary N) is 3. The molecule has 1 aromatic rings. The Morgan fingerprint density at radius 2 is 2.08 bits per heavy atom. The summed E-state index contributed by atoms with van der Waals surface area (Å²) in [7, 11) is 3.32. The molecule has 202 valence electrons. The minimum absolute atomic E-state index is 0.0155. The van der Waals surface area contributed by atoms with Gasteiger partial charge in [-0.3, -0.25) is 24.8 Å². The van der Waals surface area contributed by atoms with Gasteiger partial charge < -0.3 is 25.6 Å². The average Bonchev–Trinajstić information content (AvgIpc) is 2.89. The van der Waals surface area contributed by atoms with Crippen molar-refractivity contribution in [1.82, 2.24) is 25.6 Å². The number of likely N-dealkylation sites (tertiary alicyclic amines) is 1. The van der Waals surface area contributed by atoms with Crippen molar-refractivity contribution in [3.05, 3.63) is 47.1 Å². The van der Waals surface area contributed by atoms with Gasteiger partial charge in [0.15, 0.2) is 0 Å². The van der Waals surface area contributed by atoms with Crippen LogP contribution >= 0.6 is 15.9 Å². The first-order valence-electron chi connectivity index (χ1n) is 12.9. The van der Waals surface area contributed by atoms with Crippen LogP contribution in [0.5, 0.6) is 0 Å². The first-order valence-corrected chi connectivity index (χ1v) is 13.8. The fraction of sp³-hybridized carbons (Fsp3) is 0.577. The fourth-order valence-electron chi connectivity index (χ4n) is 5.15. The van der Waals surface area contributed by atoms with Crippen LogP contribution in [0.1, 0.15) is 43.0 Å². The number of aromatic nitrogens is 1. The van der Waals surface area contributed by atoms with Gasteiger partial charge in [0.2, 0.25) is 0 Å². The highest BCUT2D eigenvalue weighted by Crippen LogP contribution is 2.32. The van der Waals surface area contributed by atoms with Crippen LogP contribution in [-0.4, -0.2) is 89.3 Å². The summed E-state index contributed by atoms with van der Waals surface area (Å²) in [5.74, 6) is 0.212. The Balaban J connectivity index is 1.59. The number of pyridine rings is 1. The van der Waals surface area contributed by atoms with Gasteiger partial charge in [0.25, 0.3) is 11.8 Å². The van der Waals surface area contributed by atoms with Crippen molar-refractivity contribution in [1.29, 1.82) is 0 Å². The van der Waals surface area contributed by atoms with E-state index in [9.17, 15) is 14.8 Å². The van der Waals surface area contributed by atoms with E-state index >= 15 is 0 Å². The molecule has 0 radical (unpaired) electrons. The fourth-order valence-corrected chi connectivity index (χ4v) is 5.72. The number of allylic oxidation sites excluding steroid dienone is 1. The zero-order chi connectivity index (χ0) is 26.5. The van der Waals surface area contributed by atoms with E-state index in [2.05, 4.69) is 43.8 Å². The summed E-state index contributed by atoms with van der Waals surface area (Å²) in [6.07, 6.45) is 8.29. The summed E-state index contributed by atoms with van der Waals surface area (Å²) in [4.78, 5) is 32.8. The lowest BCUT2D eigenvalue weighted by Gasteiger charge is -2.38. The minimum Gasteiger partial charge on any atom is -0.387 e. The highest BCUT2D eigenvalue weighted by atomic mass is 79.9. The number of carbonyl (C=O) groups is 2. The number of ether oxygens (including phenoxy) is 1. The molecule has 0 bridgehead atoms. The number of hydrogen-bond acceptors (Lipinski definition) is 8. The molecule has 3 aliphatic rings. The minimum atomic E-state index is -0.300. The zero-order valence-electron chi connectivity index (χ0n) is 21.7. The lowest BCUT2D eigenvalue weighted by Crippen LogP contribution is -2.56. The van der Waals surface area contributed by atoms with Gasteiger partial charge in [-0.2, -0.15) is 0 Å². The second kappa shape index (κ2) is 12.3. The maximum absolute atomic E-state index is 13.7. The molecule has 1 aliphatic carbocycles. The molecule has 2 fully saturated rings. The molecule has 0 spiro atoms. The SMILES string of the molecule is CNc1cncc(C(=O)N[C@H]2CCOC[C@H]2NC2=C(C(=O)N3CCC[C@H](C)C3)CC(Br)C=C2N(C)O)c1. The first-order chi connectivity index (χ1) is 17.8. The van der Waals surface area contributed by atoms with Crippen LogP contribution in [0.3, 0.4) is 0 Å². The van der Waals surface area contributed by atoms with Crippen LogP contribution in [0.25, 0.3) is 0 Å². The predicted octanol–water partition coefficient (Wildman–Crippen LogP) is 2.48. The van der Waals surface area contributed by atoms with Crippen molar-refractivity contribution in [3.63, 3.8) is 0 Å². The molecule has 2 aliphatic heterocycles. The number of nitrogens with zero attached hydrogens (tertiary/aromatic N) is 3. The second-order valence-electron chi connectivity index (χ2n) is 10.1. The Morgan fingerprint density at radius 3 is 2.81 bits per heavy atom. The van der Waals surface area contributed by atoms with Crippen molar-refractivity contribution >= 4 is 33.4 Å². The number of halogens is 1. The maximum atomic E-state index is 13.7. The van der Waals surface area contributed by atoms with Crippen LogP contribution in [0.4, 0.5) is 5.69 Å². The number of piperidine rings is 1. The Hall–Kier alpha value is -2.63. The Kier molecular flexibility index (Phi) is 9.09. The normalized spacial score (nSPS) is 26.3. The lowest BCUT2D eigenvalue weighted by atomic mass is 9.93. The molecule has 11 heteroatoms. The zero-order valence-corrected chi connectivity index (χ0v) is 23.3. The number of likely N-dealkylation sites (N-methyl/N-ethyl adjacent to an activating group) is 1. The van der Waals surface area contributed by atoms with E-state index < -0.39 is 0 Å². The van der Waals surface area contributed by atoms with Crippen molar-refractivity contribution in [3.8, 4) is 0 Å². The molecule has 2 saturated heterocycles. The molecule has 4 atom stereocenters. The summed E-state index contributed by atoms with van der Waals surface area (Å²) in [6, 6.07) is 1.21. The van der Waals surface area contributed by atoms with Gasteiger partial charge in [-0.05, 0) is 43.7 Å². The molecule has 4 rings (SSSR count). The molecule has 1 aromatic heterocycles. The molecular formula is C26H37BrN6O4. The van der Waals surface area contributed by atoms with Crippen LogP contribution in [0.2, 0.25) is 0 Å². The summed E-state index contributed by atoms with van der Waals surface area (Å²) < 4.78 is 5.76. The van der Waals surface area contributed by atoms with Gasteiger partial charge >= 0.3 is 0 Å². The molecule has 37 heavy (non-hydrogen) atoms. The van der Waals surface area contributed by atoms with Crippen LogP contribution in [0.15, 0.2) is 41.5 Å². The highest BCUT2D eigenvalue weighted by Gasteiger charge is 2.35. The number of carbonyl (C=O) groups excluding carboxylic acids is 2. The van der Waals surface area contributed by atoms with Crippen molar-refractivity contribution in [2.75, 3.05) is 45.7 Å². The number of anilines is 1. The quantitative estimate of drug-likeness (QED) is 0.289. The molecular weight excluding hydrogens is 540 g/mol. The van der Waals surface area contributed by atoms with E-state index in [0.29, 0.717) is 54.5 Å². The van der Waals surface area contributed by atoms with Crippen LogP contribution in [0, 0.1) is 5.92 Å². The molecule has 2 amide bonds. The molecule has 3 heterocycles. The lowest BCUT2D eigenvalue weighted by molar-refractivity contribution is -0.129. The predicted molar refractivity (Wildman–Crippen MR) is 144 cm³/mol. The molecule has 0 saturated carbocycles. The third-order valence-electron chi connectivity index (χ3n) is 7.14. The van der Waals surface area contributed by atoms with Gasteiger partial charge in [0, 0.05) is 56.6 Å². The summed E-state index contributed by atoms with van der Waals surface area (Å²) >= 11 is 3.64. The third kappa shape index (κ3) is 6.63. The van der Waals surface area contributed by atoms with E-state index in [-0.39, 0.29) is 28.7 Å². The van der Waals surface area contributed by atoms with E-state index in [1.165, 1.54) is 6.20 Å². The standard InChI is InChI=1S/C26H37BrN6O4/c1-16-5-4-7-33(14-16)26(35)20-10-18(27)11-23(32(3)36)24(20)30-22-15-37-8-6-21(22)31-25(34)17-9-19(28-2)13-29-12-17/h9,11-13,16,18,21-22,28,30,36H,4-8,10,14-15H2,1-3H3,(H,31,34)/t16-,18?,21-,22+/m0/s1. The van der Waals surface area contributed by atoms with Gasteiger partial charge in [-0.1, -0.05) is 22.9 Å². The summed E-state index contributed by atoms with van der Waals surface area (Å²) in [5.41, 5.74) is 2.93. The molecule has 0 aromatic carbocycles. The number of alkyl halides is 1. The summed E-state index contributed by atoms with van der Waals surface area (Å²) in [5, 5.41) is 21.1. The van der Waals surface area contributed by atoms with E-state index in [1.807, 2.05) is 11.0 Å². The van der Waals surface area contributed by atoms with Gasteiger partial charge in [0.1, 0.15) is 0 Å². The molecule has 4 N–H and O–H groups in total. The van der Waals surface area contributed by atoms with E-state index in [0.717, 1.165) is 36.7 Å². The smallest absolute Gasteiger partial charge is 0.253 e. The van der Waals surface area contributed by atoms with E-state index in [1.54, 1.807) is 26.4 Å². The topological polar surface area (TPSA) is 119 Å². The van der Waals surface area contributed by atoms with E-state index in [4.69, 9.17) is 4.74 Å². The first kappa shape index (κ1) is 27.4. The van der Waals surface area contributed by atoms with Gasteiger partial charge in [0.05, 0.1) is 41.3 Å². The van der Waals surface area contributed by atoms with Crippen molar-refractivity contribution < 1.29 is 19.5 Å². The molecule has 10 nitrogen and oxygen atoms in total. The summed E-state index contributed by atoms with van der Waals surface area (Å²) in [6.45, 7) is 4.49. The second-order valence-corrected chi connectivity index (χ2v) is 11.2. The van der Waals surface area contributed by atoms with Crippen LogP contribution in [-0.2, 0) is 9.53 Å². The highest BCUT2D eigenvalue weighted by molar-refractivity contribution is 9.09.